The van der Waals surface area contributed by atoms with E-state index < -0.39 is 12.2 Å². The molecule has 0 spiro atoms. The van der Waals surface area contributed by atoms with Crippen LogP contribution in [0.5, 0.6) is 0 Å². The third kappa shape index (κ3) is 2.47. The molecule has 0 fully saturated rings. The van der Waals surface area contributed by atoms with Crippen molar-refractivity contribution in [3.8, 4) is 0 Å². The van der Waals surface area contributed by atoms with Crippen molar-refractivity contribution in [1.29, 1.82) is 0 Å². The topological polar surface area (TPSA) is 92.5 Å². The summed E-state index contributed by atoms with van der Waals surface area (Å²) in [6, 6.07) is 3.55. The molecule has 0 aromatic heterocycles. The van der Waals surface area contributed by atoms with Crippen LogP contribution < -0.4 is 11.5 Å². The van der Waals surface area contributed by atoms with Crippen molar-refractivity contribution in [1.82, 2.24) is 0 Å². The number of aliphatic hydroxyl groups excluding tert-OH is 2. The minimum atomic E-state index is -0.949. The van der Waals surface area contributed by atoms with Gasteiger partial charge in [0.2, 0.25) is 0 Å². The van der Waals surface area contributed by atoms with Crippen LogP contribution >= 0.6 is 0 Å². The molecule has 4 heteroatoms. The fraction of sp³-hybridized carbons (Fsp3) is 0.455. The predicted molar refractivity (Wildman–Crippen MR) is 60.3 cm³/mol. The van der Waals surface area contributed by atoms with Crippen molar-refractivity contribution in [2.75, 3.05) is 12.3 Å². The largest absolute Gasteiger partial charge is 0.399 e. The lowest BCUT2D eigenvalue weighted by Gasteiger charge is -2.21. The third-order valence-electron chi connectivity index (χ3n) is 2.52. The van der Waals surface area contributed by atoms with E-state index in [0.717, 1.165) is 11.1 Å². The molecule has 4 nitrogen and oxygen atoms in total. The summed E-state index contributed by atoms with van der Waals surface area (Å²) in [4.78, 5) is 0. The SMILES string of the molecule is Cc1cc(N)cc(C)c1C(O)C(O)CN. The lowest BCUT2D eigenvalue weighted by molar-refractivity contribution is 0.0236. The van der Waals surface area contributed by atoms with E-state index in [1.54, 1.807) is 12.1 Å². The number of aliphatic hydroxyl groups is 2. The molecule has 84 valence electrons. The van der Waals surface area contributed by atoms with Crippen LogP contribution in [0.25, 0.3) is 0 Å². The summed E-state index contributed by atoms with van der Waals surface area (Å²) in [6.45, 7) is 3.74. The summed E-state index contributed by atoms with van der Waals surface area (Å²) in [5.41, 5.74) is 14.1. The molecule has 2 unspecified atom stereocenters. The zero-order valence-electron chi connectivity index (χ0n) is 9.07. The lowest BCUT2D eigenvalue weighted by Crippen LogP contribution is -2.28. The molecule has 0 heterocycles. The molecule has 6 N–H and O–H groups in total. The average Bonchev–Trinajstić information content (AvgIpc) is 2.14. The first-order chi connectivity index (χ1) is 6.97. The number of hydrogen-bond donors (Lipinski definition) is 4. The molecular weight excluding hydrogens is 192 g/mol. The number of rotatable bonds is 3. The van der Waals surface area contributed by atoms with Crippen molar-refractivity contribution in [3.05, 3.63) is 28.8 Å². The summed E-state index contributed by atoms with van der Waals surface area (Å²) in [5, 5.41) is 19.4. The van der Waals surface area contributed by atoms with Gasteiger partial charge in [-0.1, -0.05) is 0 Å². The first-order valence-electron chi connectivity index (χ1n) is 4.90. The first kappa shape index (κ1) is 12.0. The van der Waals surface area contributed by atoms with Crippen LogP contribution in [0, 0.1) is 13.8 Å². The van der Waals surface area contributed by atoms with Crippen LogP contribution in [0.4, 0.5) is 5.69 Å². The quantitative estimate of drug-likeness (QED) is 0.538. The highest BCUT2D eigenvalue weighted by molar-refractivity contribution is 5.49. The molecule has 0 amide bonds. The second-order valence-corrected chi connectivity index (χ2v) is 3.82. The molecular formula is C11H18N2O2. The smallest absolute Gasteiger partial charge is 0.107 e. The van der Waals surface area contributed by atoms with Crippen molar-refractivity contribution in [3.63, 3.8) is 0 Å². The molecule has 0 saturated carbocycles. The van der Waals surface area contributed by atoms with Gasteiger partial charge in [-0.2, -0.15) is 0 Å². The molecule has 0 aliphatic carbocycles. The number of aryl methyl sites for hydroxylation is 2. The van der Waals surface area contributed by atoms with E-state index >= 15 is 0 Å². The van der Waals surface area contributed by atoms with Crippen molar-refractivity contribution >= 4 is 5.69 Å². The van der Waals surface area contributed by atoms with Gasteiger partial charge in [0.1, 0.15) is 6.10 Å². The van der Waals surface area contributed by atoms with E-state index in [-0.39, 0.29) is 6.54 Å². The normalized spacial score (nSPS) is 15.0. The van der Waals surface area contributed by atoms with Crippen LogP contribution in [-0.2, 0) is 0 Å². The Labute approximate surface area is 89.5 Å². The van der Waals surface area contributed by atoms with Gasteiger partial charge in [-0.3, -0.25) is 0 Å². The van der Waals surface area contributed by atoms with Crippen molar-refractivity contribution in [2.24, 2.45) is 5.73 Å². The maximum absolute atomic E-state index is 9.87. The van der Waals surface area contributed by atoms with Gasteiger partial charge in [0.15, 0.2) is 0 Å². The van der Waals surface area contributed by atoms with Gasteiger partial charge in [0.05, 0.1) is 6.10 Å². The minimum Gasteiger partial charge on any atom is -0.399 e. The number of nitrogen functional groups attached to an aromatic ring is 1. The van der Waals surface area contributed by atoms with Gasteiger partial charge >= 0.3 is 0 Å². The monoisotopic (exact) mass is 210 g/mol. The van der Waals surface area contributed by atoms with Gasteiger partial charge in [0.25, 0.3) is 0 Å². The van der Waals surface area contributed by atoms with Crippen molar-refractivity contribution < 1.29 is 10.2 Å². The molecule has 2 atom stereocenters. The Morgan fingerprint density at radius 1 is 1.20 bits per heavy atom. The molecule has 0 radical (unpaired) electrons. The number of nitrogens with two attached hydrogens (primary N) is 2. The highest BCUT2D eigenvalue weighted by atomic mass is 16.3. The summed E-state index contributed by atoms with van der Waals surface area (Å²) < 4.78 is 0. The zero-order valence-corrected chi connectivity index (χ0v) is 9.07. The fourth-order valence-corrected chi connectivity index (χ4v) is 1.80. The Kier molecular flexibility index (Phi) is 3.68. The zero-order chi connectivity index (χ0) is 11.6. The maximum atomic E-state index is 9.87. The third-order valence-corrected chi connectivity index (χ3v) is 2.52. The molecule has 0 aliphatic heterocycles. The molecule has 0 aliphatic rings. The second kappa shape index (κ2) is 4.61. The molecule has 15 heavy (non-hydrogen) atoms. The lowest BCUT2D eigenvalue weighted by atomic mass is 9.94. The van der Waals surface area contributed by atoms with Gasteiger partial charge in [-0.05, 0) is 42.7 Å². The summed E-state index contributed by atoms with van der Waals surface area (Å²) >= 11 is 0. The highest BCUT2D eigenvalue weighted by Crippen LogP contribution is 2.26. The summed E-state index contributed by atoms with van der Waals surface area (Å²) in [7, 11) is 0. The van der Waals surface area contributed by atoms with E-state index in [1.165, 1.54) is 0 Å². The van der Waals surface area contributed by atoms with Crippen LogP contribution in [0.2, 0.25) is 0 Å². The molecule has 1 aromatic carbocycles. The Hall–Kier alpha value is -1.10. The van der Waals surface area contributed by atoms with Crippen molar-refractivity contribution in [2.45, 2.75) is 26.1 Å². The molecule has 0 saturated heterocycles. The van der Waals surface area contributed by atoms with Crippen LogP contribution in [0.1, 0.15) is 22.8 Å². The molecule has 1 rings (SSSR count). The van der Waals surface area contributed by atoms with Gasteiger partial charge in [-0.25, -0.2) is 0 Å². The Morgan fingerprint density at radius 2 is 1.67 bits per heavy atom. The Morgan fingerprint density at radius 3 is 2.07 bits per heavy atom. The van der Waals surface area contributed by atoms with E-state index in [9.17, 15) is 10.2 Å². The summed E-state index contributed by atoms with van der Waals surface area (Å²) in [6.07, 6.45) is -1.89. The van der Waals surface area contributed by atoms with E-state index in [2.05, 4.69) is 0 Å². The minimum absolute atomic E-state index is 0.0322. The Balaban J connectivity index is 3.13. The predicted octanol–water partition coefficient (Wildman–Crippen LogP) is 0.239. The maximum Gasteiger partial charge on any atom is 0.107 e. The Bertz CT molecular complexity index is 329. The average molecular weight is 210 g/mol. The highest BCUT2D eigenvalue weighted by Gasteiger charge is 2.20. The van der Waals surface area contributed by atoms with Gasteiger partial charge in [-0.15, -0.1) is 0 Å². The second-order valence-electron chi connectivity index (χ2n) is 3.82. The fourth-order valence-electron chi connectivity index (χ4n) is 1.80. The molecule has 1 aromatic rings. The molecule has 0 bridgehead atoms. The first-order valence-corrected chi connectivity index (χ1v) is 4.90. The number of hydrogen-bond acceptors (Lipinski definition) is 4. The van der Waals surface area contributed by atoms with Crippen LogP contribution in [0.3, 0.4) is 0 Å². The number of anilines is 1. The van der Waals surface area contributed by atoms with Crippen LogP contribution in [-0.4, -0.2) is 22.9 Å². The van der Waals surface area contributed by atoms with Crippen LogP contribution in [0.15, 0.2) is 12.1 Å². The van der Waals surface area contributed by atoms with Gasteiger partial charge in [0, 0.05) is 12.2 Å². The summed E-state index contributed by atoms with van der Waals surface area (Å²) in [5.74, 6) is 0. The standard InChI is InChI=1S/C11H18N2O2/c1-6-3-8(13)4-7(2)10(6)11(15)9(14)5-12/h3-4,9,11,14-15H,5,12-13H2,1-2H3. The van der Waals surface area contributed by atoms with E-state index in [1.807, 2.05) is 13.8 Å². The number of benzene rings is 1. The van der Waals surface area contributed by atoms with E-state index in [4.69, 9.17) is 11.5 Å². The van der Waals surface area contributed by atoms with Gasteiger partial charge < -0.3 is 21.7 Å². The van der Waals surface area contributed by atoms with E-state index in [0.29, 0.717) is 11.3 Å².